The van der Waals surface area contributed by atoms with Gasteiger partial charge in [0.05, 0.1) is 5.75 Å². The summed E-state index contributed by atoms with van der Waals surface area (Å²) < 4.78 is 0. The van der Waals surface area contributed by atoms with Gasteiger partial charge in [0, 0.05) is 6.54 Å². The fourth-order valence-corrected chi connectivity index (χ4v) is 1.60. The van der Waals surface area contributed by atoms with Crippen molar-refractivity contribution in [1.82, 2.24) is 4.90 Å². The molecule has 0 saturated carbocycles. The summed E-state index contributed by atoms with van der Waals surface area (Å²) in [5, 5.41) is -0.136. The van der Waals surface area contributed by atoms with Gasteiger partial charge >= 0.3 is 0 Å². The number of carbonyl (C=O) groups excluding carboxylic acids is 2. The van der Waals surface area contributed by atoms with Crippen molar-refractivity contribution in [1.29, 1.82) is 0 Å². The first-order chi connectivity index (χ1) is 5.25. The summed E-state index contributed by atoms with van der Waals surface area (Å²) >= 11 is 1.06. The minimum absolute atomic E-state index is 0.0894. The van der Waals surface area contributed by atoms with Crippen molar-refractivity contribution in [3.8, 4) is 0 Å². The van der Waals surface area contributed by atoms with Crippen LogP contribution in [0, 0.1) is 0 Å². The van der Waals surface area contributed by atoms with Crippen LogP contribution in [0.5, 0.6) is 0 Å². The molecule has 2 amide bonds. The molecule has 1 rings (SSSR count). The molecule has 0 atom stereocenters. The van der Waals surface area contributed by atoms with Crippen LogP contribution in [0.3, 0.4) is 0 Å². The molecule has 0 spiro atoms. The molecule has 1 aliphatic heterocycles. The topological polar surface area (TPSA) is 63.4 Å². The number of hydrogen-bond acceptors (Lipinski definition) is 4. The lowest BCUT2D eigenvalue weighted by Gasteiger charge is -2.10. The van der Waals surface area contributed by atoms with E-state index in [9.17, 15) is 9.59 Å². The molecular formula is C6H10N2O2S. The van der Waals surface area contributed by atoms with Gasteiger partial charge in [-0.05, 0) is 13.0 Å². The number of nitrogens with two attached hydrogens (primary N) is 1. The van der Waals surface area contributed by atoms with Crippen LogP contribution in [0.15, 0.2) is 0 Å². The van der Waals surface area contributed by atoms with Gasteiger partial charge in [0.2, 0.25) is 5.91 Å². The van der Waals surface area contributed by atoms with Crippen LogP contribution in [0.25, 0.3) is 0 Å². The Balaban J connectivity index is 2.41. The summed E-state index contributed by atoms with van der Waals surface area (Å²) in [6.45, 7) is 0.989. The van der Waals surface area contributed by atoms with Gasteiger partial charge in [-0.1, -0.05) is 11.8 Å². The van der Waals surface area contributed by atoms with Crippen molar-refractivity contribution in [2.75, 3.05) is 18.8 Å². The Hall–Kier alpha value is -0.550. The molecule has 4 nitrogen and oxygen atoms in total. The maximum Gasteiger partial charge on any atom is 0.288 e. The van der Waals surface area contributed by atoms with Crippen LogP contribution in [0.1, 0.15) is 6.42 Å². The second-order valence-corrected chi connectivity index (χ2v) is 3.17. The molecule has 1 heterocycles. The van der Waals surface area contributed by atoms with Gasteiger partial charge in [0.15, 0.2) is 0 Å². The van der Waals surface area contributed by atoms with Gasteiger partial charge < -0.3 is 5.73 Å². The average Bonchev–Trinajstić information content (AvgIpc) is 2.29. The van der Waals surface area contributed by atoms with Crippen LogP contribution < -0.4 is 5.73 Å². The summed E-state index contributed by atoms with van der Waals surface area (Å²) in [5.74, 6) is 0.206. The number of hydrogen-bond donors (Lipinski definition) is 1. The van der Waals surface area contributed by atoms with E-state index < -0.39 is 0 Å². The van der Waals surface area contributed by atoms with Crippen LogP contribution in [-0.2, 0) is 4.79 Å². The quantitative estimate of drug-likeness (QED) is 0.655. The maximum atomic E-state index is 10.9. The molecule has 0 aromatic heterocycles. The van der Waals surface area contributed by atoms with Crippen LogP contribution in [-0.4, -0.2) is 34.9 Å². The average molecular weight is 174 g/mol. The predicted octanol–water partition coefficient (Wildman–Crippen LogP) is 0.0306. The van der Waals surface area contributed by atoms with E-state index in [1.54, 1.807) is 0 Å². The third-order valence-corrected chi connectivity index (χ3v) is 2.29. The molecule has 0 unspecified atom stereocenters. The number of amides is 2. The minimum atomic E-state index is -0.136. The van der Waals surface area contributed by atoms with Gasteiger partial charge in [0.1, 0.15) is 0 Å². The minimum Gasteiger partial charge on any atom is -0.330 e. The molecule has 2 N–H and O–H groups in total. The SMILES string of the molecule is NCCCN1C(=O)CSC1=O. The fraction of sp³-hybridized carbons (Fsp3) is 0.667. The zero-order valence-electron chi connectivity index (χ0n) is 6.08. The van der Waals surface area contributed by atoms with Gasteiger partial charge in [0.25, 0.3) is 5.24 Å². The highest BCUT2D eigenvalue weighted by Crippen LogP contribution is 2.18. The first-order valence-corrected chi connectivity index (χ1v) is 4.41. The van der Waals surface area contributed by atoms with E-state index in [1.807, 2.05) is 0 Å². The summed E-state index contributed by atoms with van der Waals surface area (Å²) in [6, 6.07) is 0. The van der Waals surface area contributed by atoms with E-state index in [1.165, 1.54) is 4.90 Å². The molecule has 1 saturated heterocycles. The first kappa shape index (κ1) is 8.55. The zero-order chi connectivity index (χ0) is 8.27. The summed E-state index contributed by atoms with van der Waals surface area (Å²) in [7, 11) is 0. The lowest BCUT2D eigenvalue weighted by Crippen LogP contribution is -2.30. The predicted molar refractivity (Wildman–Crippen MR) is 43.2 cm³/mol. The highest BCUT2D eigenvalue weighted by Gasteiger charge is 2.28. The Bertz CT molecular complexity index is 167. The van der Waals surface area contributed by atoms with E-state index in [4.69, 9.17) is 5.73 Å². The van der Waals surface area contributed by atoms with Gasteiger partial charge in [-0.15, -0.1) is 0 Å². The Kier molecular flexibility index (Phi) is 2.90. The van der Waals surface area contributed by atoms with Crippen LogP contribution in [0.4, 0.5) is 4.79 Å². The van der Waals surface area contributed by atoms with E-state index in [2.05, 4.69) is 0 Å². The lowest BCUT2D eigenvalue weighted by molar-refractivity contribution is -0.124. The van der Waals surface area contributed by atoms with E-state index in [0.29, 0.717) is 25.3 Å². The number of rotatable bonds is 3. The molecule has 0 aliphatic carbocycles. The van der Waals surface area contributed by atoms with Crippen molar-refractivity contribution < 1.29 is 9.59 Å². The van der Waals surface area contributed by atoms with E-state index >= 15 is 0 Å². The fourth-order valence-electron chi connectivity index (χ4n) is 0.847. The van der Waals surface area contributed by atoms with Crippen molar-refractivity contribution >= 4 is 22.9 Å². The summed E-state index contributed by atoms with van der Waals surface area (Å²) in [5.41, 5.74) is 5.24. The van der Waals surface area contributed by atoms with Crippen molar-refractivity contribution in [2.45, 2.75) is 6.42 Å². The smallest absolute Gasteiger partial charge is 0.288 e. The van der Waals surface area contributed by atoms with Gasteiger partial charge in [-0.25, -0.2) is 0 Å². The molecule has 0 bridgehead atoms. The summed E-state index contributed by atoms with van der Waals surface area (Å²) in [6.07, 6.45) is 0.692. The maximum absolute atomic E-state index is 10.9. The van der Waals surface area contributed by atoms with E-state index in [0.717, 1.165) is 11.8 Å². The number of imide groups is 1. The van der Waals surface area contributed by atoms with Crippen molar-refractivity contribution in [3.05, 3.63) is 0 Å². The Morgan fingerprint density at radius 2 is 2.27 bits per heavy atom. The van der Waals surface area contributed by atoms with Crippen molar-refractivity contribution in [2.24, 2.45) is 5.73 Å². The second kappa shape index (κ2) is 3.73. The number of carbonyl (C=O) groups is 2. The van der Waals surface area contributed by atoms with E-state index in [-0.39, 0.29) is 11.1 Å². The molecule has 5 heteroatoms. The molecule has 62 valence electrons. The summed E-state index contributed by atoms with van der Waals surface area (Å²) in [4.78, 5) is 23.1. The molecule has 0 radical (unpaired) electrons. The number of thioether (sulfide) groups is 1. The lowest BCUT2D eigenvalue weighted by atomic mass is 10.4. The highest BCUT2D eigenvalue weighted by molar-refractivity contribution is 8.14. The third kappa shape index (κ3) is 1.94. The molecular weight excluding hydrogens is 164 g/mol. The second-order valence-electron chi connectivity index (χ2n) is 2.24. The zero-order valence-corrected chi connectivity index (χ0v) is 6.89. The monoisotopic (exact) mass is 174 g/mol. The first-order valence-electron chi connectivity index (χ1n) is 3.43. The normalized spacial score (nSPS) is 18.1. The Labute approximate surface area is 69.1 Å². The molecule has 1 fully saturated rings. The highest BCUT2D eigenvalue weighted by atomic mass is 32.2. The van der Waals surface area contributed by atoms with Crippen molar-refractivity contribution in [3.63, 3.8) is 0 Å². The van der Waals surface area contributed by atoms with Gasteiger partial charge in [-0.2, -0.15) is 0 Å². The third-order valence-electron chi connectivity index (χ3n) is 1.43. The molecule has 0 aromatic carbocycles. The van der Waals surface area contributed by atoms with Crippen LogP contribution in [0.2, 0.25) is 0 Å². The standard InChI is InChI=1S/C6H10N2O2S/c7-2-1-3-8-5(9)4-11-6(8)10/h1-4,7H2. The largest absolute Gasteiger partial charge is 0.330 e. The molecule has 11 heavy (non-hydrogen) atoms. The van der Waals surface area contributed by atoms with Gasteiger partial charge in [-0.3, -0.25) is 14.5 Å². The molecule has 1 aliphatic rings. The number of nitrogens with zero attached hydrogens (tertiary/aromatic N) is 1. The molecule has 0 aromatic rings. The Morgan fingerprint density at radius 3 is 2.73 bits per heavy atom. The Morgan fingerprint density at radius 1 is 1.55 bits per heavy atom. The van der Waals surface area contributed by atoms with Crippen LogP contribution >= 0.6 is 11.8 Å².